The number of hydrogen-bond donors (Lipinski definition) is 2. The second-order valence-electron chi connectivity index (χ2n) is 2.08. The predicted molar refractivity (Wildman–Crippen MR) is 47.9 cm³/mol. The monoisotopic (exact) mass is 167 g/mol. The van der Waals surface area contributed by atoms with Gasteiger partial charge in [-0.05, 0) is 23.8 Å². The lowest BCUT2D eigenvalue weighted by molar-refractivity contribution is 0.911. The highest BCUT2D eigenvalue weighted by atomic mass is 32.1. The molecule has 0 amide bonds. The molecule has 0 saturated heterocycles. The highest BCUT2D eigenvalue weighted by Gasteiger charge is 1.90. The maximum absolute atomic E-state index is 5.24. The average molecular weight is 167 g/mol. The molecule has 0 aliphatic heterocycles. The second kappa shape index (κ2) is 3.88. The number of thiocarbonyl (C=S) groups is 1. The Morgan fingerprint density at radius 2 is 2.55 bits per heavy atom. The van der Waals surface area contributed by atoms with E-state index in [1.807, 2.05) is 12.1 Å². The molecule has 0 spiro atoms. The van der Waals surface area contributed by atoms with Crippen molar-refractivity contribution in [2.75, 3.05) is 0 Å². The van der Waals surface area contributed by atoms with Crippen LogP contribution >= 0.6 is 12.2 Å². The summed E-state index contributed by atoms with van der Waals surface area (Å²) in [6.07, 6.45) is 3.50. The Bertz CT molecular complexity index is 235. The molecule has 0 aliphatic carbocycles. The van der Waals surface area contributed by atoms with Gasteiger partial charge in [0.2, 0.25) is 0 Å². The molecule has 3 nitrogen and oxygen atoms in total. The fraction of sp³-hybridized carbons (Fsp3) is 0.143. The summed E-state index contributed by atoms with van der Waals surface area (Å²) in [5.41, 5.74) is 6.31. The summed E-state index contributed by atoms with van der Waals surface area (Å²) in [4.78, 5) is 3.94. The van der Waals surface area contributed by atoms with Gasteiger partial charge in [-0.15, -0.1) is 0 Å². The summed E-state index contributed by atoms with van der Waals surface area (Å²) in [6.45, 7) is 0.642. The van der Waals surface area contributed by atoms with Gasteiger partial charge in [0.05, 0.1) is 0 Å². The van der Waals surface area contributed by atoms with Crippen molar-refractivity contribution >= 4 is 17.3 Å². The summed E-state index contributed by atoms with van der Waals surface area (Å²) < 4.78 is 0. The van der Waals surface area contributed by atoms with Gasteiger partial charge in [0.15, 0.2) is 5.11 Å². The topological polar surface area (TPSA) is 50.9 Å². The highest BCUT2D eigenvalue weighted by Crippen LogP contribution is 1.93. The van der Waals surface area contributed by atoms with Crippen LogP contribution in [0.15, 0.2) is 24.5 Å². The van der Waals surface area contributed by atoms with E-state index >= 15 is 0 Å². The Morgan fingerprint density at radius 1 is 1.73 bits per heavy atom. The predicted octanol–water partition coefficient (Wildman–Crippen LogP) is 0.415. The first kappa shape index (κ1) is 7.94. The van der Waals surface area contributed by atoms with Gasteiger partial charge in [-0.3, -0.25) is 4.98 Å². The number of hydrogen-bond acceptors (Lipinski definition) is 2. The summed E-state index contributed by atoms with van der Waals surface area (Å²) in [6, 6.07) is 3.83. The number of rotatable bonds is 2. The second-order valence-corrected chi connectivity index (χ2v) is 2.52. The molecule has 3 N–H and O–H groups in total. The summed E-state index contributed by atoms with van der Waals surface area (Å²) in [5.74, 6) is 0. The van der Waals surface area contributed by atoms with Crippen LogP contribution in [-0.4, -0.2) is 10.1 Å². The van der Waals surface area contributed by atoms with Crippen LogP contribution < -0.4 is 11.1 Å². The van der Waals surface area contributed by atoms with Crippen molar-refractivity contribution in [3.8, 4) is 0 Å². The molecule has 0 atom stereocenters. The van der Waals surface area contributed by atoms with Crippen LogP contribution in [-0.2, 0) is 6.54 Å². The first-order valence-corrected chi connectivity index (χ1v) is 3.62. The molecule has 1 heterocycles. The summed E-state index contributed by atoms with van der Waals surface area (Å²) in [5, 5.41) is 3.14. The average Bonchev–Trinajstić information content (AvgIpc) is 2.03. The number of nitrogens with one attached hydrogen (secondary N) is 1. The van der Waals surface area contributed by atoms with E-state index in [0.717, 1.165) is 5.56 Å². The molecule has 1 aromatic rings. The zero-order valence-corrected chi connectivity index (χ0v) is 6.77. The van der Waals surface area contributed by atoms with Gasteiger partial charge in [0, 0.05) is 18.9 Å². The van der Waals surface area contributed by atoms with Crippen molar-refractivity contribution in [3.63, 3.8) is 0 Å². The summed E-state index contributed by atoms with van der Waals surface area (Å²) in [7, 11) is 0. The van der Waals surface area contributed by atoms with Crippen LogP contribution in [0.1, 0.15) is 5.56 Å². The van der Waals surface area contributed by atoms with Crippen molar-refractivity contribution in [1.29, 1.82) is 0 Å². The lowest BCUT2D eigenvalue weighted by atomic mass is 10.3. The van der Waals surface area contributed by atoms with Crippen molar-refractivity contribution in [2.45, 2.75) is 6.54 Å². The van der Waals surface area contributed by atoms with Gasteiger partial charge in [-0.25, -0.2) is 0 Å². The third-order valence-corrected chi connectivity index (χ3v) is 1.33. The Balaban J connectivity index is 2.45. The van der Waals surface area contributed by atoms with Gasteiger partial charge >= 0.3 is 0 Å². The van der Waals surface area contributed by atoms with Gasteiger partial charge < -0.3 is 11.1 Å². The minimum atomic E-state index is 0.314. The van der Waals surface area contributed by atoms with Crippen LogP contribution in [0.3, 0.4) is 0 Å². The van der Waals surface area contributed by atoms with Gasteiger partial charge in [0.1, 0.15) is 0 Å². The van der Waals surface area contributed by atoms with Crippen LogP contribution in [0.25, 0.3) is 0 Å². The zero-order chi connectivity index (χ0) is 8.10. The minimum Gasteiger partial charge on any atom is -0.376 e. The molecule has 0 bridgehead atoms. The molecule has 0 saturated carbocycles. The Kier molecular flexibility index (Phi) is 2.80. The maximum Gasteiger partial charge on any atom is 0.163 e. The largest absolute Gasteiger partial charge is 0.376 e. The standard InChI is InChI=1S/C7H9N3S/c8-7(11)10-5-6-2-1-3-9-4-6/h1-4H,5H2,(H3,8,10,11). The molecule has 0 fully saturated rings. The van der Waals surface area contributed by atoms with Gasteiger partial charge in [-0.1, -0.05) is 6.07 Å². The molecule has 0 aromatic carbocycles. The first-order chi connectivity index (χ1) is 5.29. The Hall–Kier alpha value is -1.16. The smallest absolute Gasteiger partial charge is 0.163 e. The fourth-order valence-electron chi connectivity index (χ4n) is 0.692. The van der Waals surface area contributed by atoms with Crippen molar-refractivity contribution in [3.05, 3.63) is 30.1 Å². The van der Waals surface area contributed by atoms with Crippen molar-refractivity contribution in [1.82, 2.24) is 10.3 Å². The van der Waals surface area contributed by atoms with E-state index in [1.54, 1.807) is 12.4 Å². The normalized spacial score (nSPS) is 9.09. The maximum atomic E-state index is 5.24. The van der Waals surface area contributed by atoms with Gasteiger partial charge in [0.25, 0.3) is 0 Å². The Labute approximate surface area is 70.6 Å². The zero-order valence-electron chi connectivity index (χ0n) is 5.95. The van der Waals surface area contributed by atoms with Crippen LogP contribution in [0.4, 0.5) is 0 Å². The van der Waals surface area contributed by atoms with Crippen LogP contribution in [0.2, 0.25) is 0 Å². The van der Waals surface area contributed by atoms with E-state index in [0.29, 0.717) is 11.7 Å². The van der Waals surface area contributed by atoms with Crippen molar-refractivity contribution < 1.29 is 0 Å². The summed E-state index contributed by atoms with van der Waals surface area (Å²) >= 11 is 4.64. The number of nitrogens with zero attached hydrogens (tertiary/aromatic N) is 1. The van der Waals surface area contributed by atoms with E-state index in [4.69, 9.17) is 5.73 Å². The fourth-order valence-corrected chi connectivity index (χ4v) is 0.764. The molecule has 11 heavy (non-hydrogen) atoms. The third kappa shape index (κ3) is 2.95. The first-order valence-electron chi connectivity index (χ1n) is 3.21. The van der Waals surface area contributed by atoms with Crippen LogP contribution in [0, 0.1) is 0 Å². The Morgan fingerprint density at radius 3 is 3.09 bits per heavy atom. The molecule has 0 unspecified atom stereocenters. The lowest BCUT2D eigenvalue weighted by Gasteiger charge is -2.01. The third-order valence-electron chi connectivity index (χ3n) is 1.19. The molecule has 0 aliphatic rings. The molecule has 0 radical (unpaired) electrons. The molecular formula is C7H9N3S. The molecule has 1 aromatic heterocycles. The van der Waals surface area contributed by atoms with E-state index in [1.165, 1.54) is 0 Å². The molecule has 58 valence electrons. The quantitative estimate of drug-likeness (QED) is 0.627. The molecular weight excluding hydrogens is 158 g/mol. The SMILES string of the molecule is NC(=S)NCc1cccnc1. The van der Waals surface area contributed by atoms with E-state index < -0.39 is 0 Å². The van der Waals surface area contributed by atoms with E-state index in [2.05, 4.69) is 22.5 Å². The van der Waals surface area contributed by atoms with Crippen molar-refractivity contribution in [2.24, 2.45) is 5.73 Å². The number of nitrogens with two attached hydrogens (primary N) is 1. The lowest BCUT2D eigenvalue weighted by Crippen LogP contribution is -2.28. The number of pyridine rings is 1. The molecule has 4 heteroatoms. The minimum absolute atomic E-state index is 0.314. The van der Waals surface area contributed by atoms with Crippen LogP contribution in [0.5, 0.6) is 0 Å². The van der Waals surface area contributed by atoms with E-state index in [9.17, 15) is 0 Å². The van der Waals surface area contributed by atoms with Gasteiger partial charge in [-0.2, -0.15) is 0 Å². The molecule has 1 rings (SSSR count). The highest BCUT2D eigenvalue weighted by molar-refractivity contribution is 7.80. The van der Waals surface area contributed by atoms with E-state index in [-0.39, 0.29) is 0 Å². The number of aromatic nitrogens is 1.